The molecule has 21 heavy (non-hydrogen) atoms. The van der Waals surface area contributed by atoms with E-state index in [1.54, 1.807) is 24.5 Å². The van der Waals surface area contributed by atoms with Crippen LogP contribution in [0.5, 0.6) is 0 Å². The van der Waals surface area contributed by atoms with Gasteiger partial charge < -0.3 is 10.2 Å². The Bertz CT molecular complexity index is 557. The molecule has 0 aliphatic heterocycles. The molecule has 0 atom stereocenters. The first-order valence-electron chi connectivity index (χ1n) is 7.29. The fourth-order valence-electron chi connectivity index (χ4n) is 2.20. The van der Waals surface area contributed by atoms with Crippen LogP contribution in [-0.2, 0) is 13.0 Å². The van der Waals surface area contributed by atoms with Crippen molar-refractivity contribution in [1.29, 1.82) is 0 Å². The van der Waals surface area contributed by atoms with Crippen molar-refractivity contribution in [3.63, 3.8) is 0 Å². The van der Waals surface area contributed by atoms with Crippen LogP contribution >= 0.6 is 0 Å². The van der Waals surface area contributed by atoms with E-state index in [9.17, 15) is 4.39 Å². The summed E-state index contributed by atoms with van der Waals surface area (Å²) in [4.78, 5) is 6.09. The normalized spacial score (nSPS) is 10.6. The minimum absolute atomic E-state index is 0.184. The molecule has 1 heterocycles. The van der Waals surface area contributed by atoms with Crippen molar-refractivity contribution in [2.75, 3.05) is 25.0 Å². The average Bonchev–Trinajstić information content (AvgIpc) is 2.51. The third-order valence-electron chi connectivity index (χ3n) is 3.45. The summed E-state index contributed by atoms with van der Waals surface area (Å²) in [7, 11) is 1.99. The number of aromatic nitrogens is 1. The highest BCUT2D eigenvalue weighted by molar-refractivity contribution is 5.48. The van der Waals surface area contributed by atoms with Crippen molar-refractivity contribution >= 4 is 5.69 Å². The molecule has 0 saturated carbocycles. The Labute approximate surface area is 125 Å². The van der Waals surface area contributed by atoms with E-state index < -0.39 is 0 Å². The highest BCUT2D eigenvalue weighted by atomic mass is 19.1. The number of benzene rings is 1. The molecule has 1 aromatic carbocycles. The molecule has 0 aliphatic rings. The van der Waals surface area contributed by atoms with Crippen LogP contribution in [0, 0.1) is 5.82 Å². The van der Waals surface area contributed by atoms with Crippen LogP contribution in [0.2, 0.25) is 0 Å². The van der Waals surface area contributed by atoms with E-state index in [2.05, 4.69) is 15.2 Å². The molecule has 0 unspecified atom stereocenters. The Kier molecular flexibility index (Phi) is 5.69. The Balaban J connectivity index is 2.01. The van der Waals surface area contributed by atoms with Crippen molar-refractivity contribution in [2.24, 2.45) is 0 Å². The van der Waals surface area contributed by atoms with Gasteiger partial charge in [-0.2, -0.15) is 0 Å². The average molecular weight is 287 g/mol. The van der Waals surface area contributed by atoms with Crippen molar-refractivity contribution in [3.8, 4) is 0 Å². The molecular formula is C17H22FN3. The molecule has 1 aromatic heterocycles. The molecule has 2 rings (SSSR count). The van der Waals surface area contributed by atoms with E-state index in [1.807, 2.05) is 32.2 Å². The molecule has 4 heteroatoms. The van der Waals surface area contributed by atoms with Crippen LogP contribution < -0.4 is 10.2 Å². The molecule has 0 aliphatic carbocycles. The second-order valence-electron chi connectivity index (χ2n) is 5.13. The number of nitrogens with one attached hydrogen (secondary N) is 1. The molecule has 0 spiro atoms. The highest BCUT2D eigenvalue weighted by Gasteiger charge is 2.06. The Morgan fingerprint density at radius 2 is 1.90 bits per heavy atom. The zero-order chi connectivity index (χ0) is 15.1. The van der Waals surface area contributed by atoms with Crippen LogP contribution in [0.4, 0.5) is 10.1 Å². The molecule has 1 N–H and O–H groups in total. The smallest absolute Gasteiger partial charge is 0.125 e. The van der Waals surface area contributed by atoms with Crippen LogP contribution in [0.1, 0.15) is 18.1 Å². The lowest BCUT2D eigenvalue weighted by Crippen LogP contribution is -2.21. The van der Waals surface area contributed by atoms with Gasteiger partial charge in [-0.25, -0.2) is 4.39 Å². The summed E-state index contributed by atoms with van der Waals surface area (Å²) in [5.74, 6) is -0.184. The van der Waals surface area contributed by atoms with E-state index in [4.69, 9.17) is 0 Å². The van der Waals surface area contributed by atoms with Gasteiger partial charge in [-0.05, 0) is 54.4 Å². The monoisotopic (exact) mass is 287 g/mol. The van der Waals surface area contributed by atoms with Gasteiger partial charge in [-0.15, -0.1) is 0 Å². The molecule has 112 valence electrons. The number of halogens is 1. The Morgan fingerprint density at radius 3 is 2.62 bits per heavy atom. The van der Waals surface area contributed by atoms with Crippen molar-refractivity contribution in [3.05, 3.63) is 59.7 Å². The van der Waals surface area contributed by atoms with Gasteiger partial charge >= 0.3 is 0 Å². The maximum absolute atomic E-state index is 13.7. The maximum atomic E-state index is 13.7. The summed E-state index contributed by atoms with van der Waals surface area (Å²) >= 11 is 0. The summed E-state index contributed by atoms with van der Waals surface area (Å²) in [5.41, 5.74) is 3.13. The van der Waals surface area contributed by atoms with Crippen LogP contribution in [0.3, 0.4) is 0 Å². The lowest BCUT2D eigenvalue weighted by molar-refractivity contribution is 0.621. The Hall–Kier alpha value is -1.94. The van der Waals surface area contributed by atoms with Gasteiger partial charge in [0.05, 0.1) is 0 Å². The number of nitrogens with zero attached hydrogens (tertiary/aromatic N) is 2. The quantitative estimate of drug-likeness (QED) is 0.848. The van der Waals surface area contributed by atoms with Gasteiger partial charge in [0.2, 0.25) is 0 Å². The van der Waals surface area contributed by atoms with E-state index >= 15 is 0 Å². The van der Waals surface area contributed by atoms with E-state index in [0.29, 0.717) is 6.54 Å². The fourth-order valence-corrected chi connectivity index (χ4v) is 2.20. The van der Waals surface area contributed by atoms with Crippen LogP contribution in [-0.4, -0.2) is 25.1 Å². The molecule has 0 bridgehead atoms. The van der Waals surface area contributed by atoms with Gasteiger partial charge in [0.25, 0.3) is 0 Å². The fraction of sp³-hybridized carbons (Fsp3) is 0.353. The first-order chi connectivity index (χ1) is 10.2. The van der Waals surface area contributed by atoms with E-state index in [1.165, 1.54) is 5.56 Å². The number of rotatable bonds is 7. The molecular weight excluding hydrogens is 265 g/mol. The molecule has 0 fully saturated rings. The second-order valence-corrected chi connectivity index (χ2v) is 5.13. The SMILES string of the molecule is CCNCc1cc(F)cc(N(C)CCc2ccncc2)c1. The lowest BCUT2D eigenvalue weighted by atomic mass is 10.1. The summed E-state index contributed by atoms with van der Waals surface area (Å²) in [6.45, 7) is 4.46. The number of likely N-dealkylation sites (N-methyl/N-ethyl adjacent to an activating group) is 1. The summed E-state index contributed by atoms with van der Waals surface area (Å²) in [6.07, 6.45) is 4.51. The minimum Gasteiger partial charge on any atom is -0.374 e. The standard InChI is InChI=1S/C17H22FN3/c1-3-19-13-15-10-16(18)12-17(11-15)21(2)9-6-14-4-7-20-8-5-14/h4-5,7-8,10-12,19H,3,6,9,13H2,1-2H3. The van der Waals surface area contributed by atoms with Gasteiger partial charge in [0, 0.05) is 38.2 Å². The largest absolute Gasteiger partial charge is 0.374 e. The predicted octanol–water partition coefficient (Wildman–Crippen LogP) is 3.01. The summed E-state index contributed by atoms with van der Waals surface area (Å²) < 4.78 is 13.7. The maximum Gasteiger partial charge on any atom is 0.125 e. The third kappa shape index (κ3) is 4.83. The zero-order valence-electron chi connectivity index (χ0n) is 12.6. The molecule has 0 amide bonds. The van der Waals surface area contributed by atoms with E-state index in [-0.39, 0.29) is 5.82 Å². The summed E-state index contributed by atoms with van der Waals surface area (Å²) in [5, 5.41) is 3.22. The van der Waals surface area contributed by atoms with Crippen molar-refractivity contribution < 1.29 is 4.39 Å². The van der Waals surface area contributed by atoms with Crippen LogP contribution in [0.25, 0.3) is 0 Å². The topological polar surface area (TPSA) is 28.2 Å². The number of hydrogen-bond acceptors (Lipinski definition) is 3. The molecule has 0 radical (unpaired) electrons. The first kappa shape index (κ1) is 15.4. The van der Waals surface area contributed by atoms with Gasteiger partial charge in [0.1, 0.15) is 5.82 Å². The molecule has 3 nitrogen and oxygen atoms in total. The highest BCUT2D eigenvalue weighted by Crippen LogP contribution is 2.18. The van der Waals surface area contributed by atoms with Gasteiger partial charge in [0.15, 0.2) is 0 Å². The predicted molar refractivity (Wildman–Crippen MR) is 85.0 cm³/mol. The van der Waals surface area contributed by atoms with Crippen LogP contribution in [0.15, 0.2) is 42.7 Å². The molecule has 0 saturated heterocycles. The first-order valence-corrected chi connectivity index (χ1v) is 7.29. The van der Waals surface area contributed by atoms with Crippen molar-refractivity contribution in [1.82, 2.24) is 10.3 Å². The minimum atomic E-state index is -0.184. The van der Waals surface area contributed by atoms with Gasteiger partial charge in [-0.1, -0.05) is 6.92 Å². The van der Waals surface area contributed by atoms with E-state index in [0.717, 1.165) is 30.8 Å². The second kappa shape index (κ2) is 7.74. The van der Waals surface area contributed by atoms with Crippen molar-refractivity contribution in [2.45, 2.75) is 19.9 Å². The number of anilines is 1. The zero-order valence-corrected chi connectivity index (χ0v) is 12.6. The third-order valence-corrected chi connectivity index (χ3v) is 3.45. The number of pyridine rings is 1. The molecule has 2 aromatic rings. The number of hydrogen-bond donors (Lipinski definition) is 1. The summed E-state index contributed by atoms with van der Waals surface area (Å²) in [6, 6.07) is 9.23. The Morgan fingerprint density at radius 1 is 1.14 bits per heavy atom. The van der Waals surface area contributed by atoms with Gasteiger partial charge in [-0.3, -0.25) is 4.98 Å². The lowest BCUT2D eigenvalue weighted by Gasteiger charge is -2.20.